The number of para-hydroxylation sites is 1. The molecule has 1 aromatic carbocycles. The van der Waals surface area contributed by atoms with E-state index < -0.39 is 0 Å². The molecule has 0 bridgehead atoms. The SMILES string of the molecule is CCNC(=NCCCN(C)c1ccccc1F)NCCCOC.I. The van der Waals surface area contributed by atoms with Crippen molar-refractivity contribution in [3.63, 3.8) is 0 Å². The van der Waals surface area contributed by atoms with Gasteiger partial charge in [-0.25, -0.2) is 4.39 Å². The van der Waals surface area contributed by atoms with Crippen LogP contribution in [0.5, 0.6) is 0 Å². The van der Waals surface area contributed by atoms with Crippen LogP contribution in [0, 0.1) is 5.82 Å². The first-order valence-corrected chi connectivity index (χ1v) is 8.15. The summed E-state index contributed by atoms with van der Waals surface area (Å²) in [4.78, 5) is 6.45. The standard InChI is InChI=1S/C17H29FN4O.HI/c1-4-19-17(21-12-8-14-23-3)20-11-7-13-22(2)16-10-6-5-9-15(16)18;/h5-6,9-10H,4,7-8,11-14H2,1-3H3,(H2,19,20,21);1H. The van der Waals surface area contributed by atoms with Crippen LogP contribution in [0.2, 0.25) is 0 Å². The Balaban J connectivity index is 0.00000529. The number of guanidine groups is 1. The van der Waals surface area contributed by atoms with Crippen LogP contribution < -0.4 is 15.5 Å². The van der Waals surface area contributed by atoms with Crippen molar-refractivity contribution in [2.45, 2.75) is 19.8 Å². The van der Waals surface area contributed by atoms with Crippen LogP contribution in [0.15, 0.2) is 29.3 Å². The number of halogens is 2. The molecular formula is C17H30FIN4O. The van der Waals surface area contributed by atoms with Crippen molar-refractivity contribution < 1.29 is 9.13 Å². The monoisotopic (exact) mass is 452 g/mol. The third kappa shape index (κ3) is 9.27. The zero-order valence-electron chi connectivity index (χ0n) is 14.8. The predicted molar refractivity (Wildman–Crippen MR) is 110 cm³/mol. The van der Waals surface area contributed by atoms with Gasteiger partial charge in [0.2, 0.25) is 0 Å². The molecule has 0 saturated carbocycles. The molecule has 1 aromatic rings. The molecule has 0 aliphatic rings. The topological polar surface area (TPSA) is 48.9 Å². The van der Waals surface area contributed by atoms with Crippen LogP contribution >= 0.6 is 24.0 Å². The van der Waals surface area contributed by atoms with E-state index in [2.05, 4.69) is 15.6 Å². The number of methoxy groups -OCH3 is 1. The minimum absolute atomic E-state index is 0. The number of ether oxygens (including phenoxy) is 1. The molecule has 0 spiro atoms. The van der Waals surface area contributed by atoms with E-state index in [-0.39, 0.29) is 29.8 Å². The van der Waals surface area contributed by atoms with Gasteiger partial charge in [0.25, 0.3) is 0 Å². The normalized spacial score (nSPS) is 10.9. The summed E-state index contributed by atoms with van der Waals surface area (Å²) in [5.41, 5.74) is 0.626. The van der Waals surface area contributed by atoms with Gasteiger partial charge in [-0.15, -0.1) is 24.0 Å². The van der Waals surface area contributed by atoms with E-state index in [1.165, 1.54) is 6.07 Å². The Kier molecular flexibility index (Phi) is 13.6. The molecule has 1 rings (SSSR count). The Morgan fingerprint density at radius 2 is 2.00 bits per heavy atom. The quantitative estimate of drug-likeness (QED) is 0.248. The van der Waals surface area contributed by atoms with E-state index in [9.17, 15) is 4.39 Å². The first kappa shape index (κ1) is 22.9. The second-order valence-electron chi connectivity index (χ2n) is 5.26. The number of hydrogen-bond acceptors (Lipinski definition) is 3. The van der Waals surface area contributed by atoms with Crippen molar-refractivity contribution in [1.82, 2.24) is 10.6 Å². The number of aliphatic imine (C=N–C) groups is 1. The van der Waals surface area contributed by atoms with Gasteiger partial charge in [0.15, 0.2) is 5.96 Å². The van der Waals surface area contributed by atoms with Gasteiger partial charge < -0.3 is 20.3 Å². The summed E-state index contributed by atoms with van der Waals surface area (Å²) in [5, 5.41) is 6.48. The second-order valence-corrected chi connectivity index (χ2v) is 5.26. The molecule has 0 aliphatic heterocycles. The van der Waals surface area contributed by atoms with Gasteiger partial charge in [-0.3, -0.25) is 4.99 Å². The highest BCUT2D eigenvalue weighted by atomic mass is 127. The largest absolute Gasteiger partial charge is 0.385 e. The molecule has 0 fully saturated rings. The number of benzene rings is 1. The fourth-order valence-electron chi connectivity index (χ4n) is 2.15. The van der Waals surface area contributed by atoms with E-state index in [0.717, 1.165) is 45.0 Å². The molecule has 2 N–H and O–H groups in total. The third-order valence-corrected chi connectivity index (χ3v) is 3.35. The van der Waals surface area contributed by atoms with Crippen LogP contribution in [0.25, 0.3) is 0 Å². The molecule has 7 heteroatoms. The molecule has 0 saturated heterocycles. The summed E-state index contributed by atoms with van der Waals surface area (Å²) in [6, 6.07) is 6.83. The van der Waals surface area contributed by atoms with Crippen molar-refractivity contribution in [2.24, 2.45) is 4.99 Å². The molecule has 24 heavy (non-hydrogen) atoms. The Morgan fingerprint density at radius 1 is 1.25 bits per heavy atom. The molecule has 0 aliphatic carbocycles. The zero-order chi connectivity index (χ0) is 16.9. The lowest BCUT2D eigenvalue weighted by Gasteiger charge is -2.19. The van der Waals surface area contributed by atoms with E-state index in [0.29, 0.717) is 12.2 Å². The fraction of sp³-hybridized carbons (Fsp3) is 0.588. The van der Waals surface area contributed by atoms with Crippen LogP contribution in [-0.4, -0.2) is 52.9 Å². The molecule has 0 radical (unpaired) electrons. The number of nitrogens with one attached hydrogen (secondary N) is 2. The second kappa shape index (κ2) is 14.3. The summed E-state index contributed by atoms with van der Waals surface area (Å²) < 4.78 is 18.7. The molecule has 0 heterocycles. The minimum atomic E-state index is -0.188. The van der Waals surface area contributed by atoms with Crippen LogP contribution in [0.4, 0.5) is 10.1 Å². The number of nitrogens with zero attached hydrogens (tertiary/aromatic N) is 2. The van der Waals surface area contributed by atoms with Gasteiger partial charge in [0, 0.05) is 46.9 Å². The molecule has 0 aromatic heterocycles. The van der Waals surface area contributed by atoms with Gasteiger partial charge >= 0.3 is 0 Å². The maximum absolute atomic E-state index is 13.7. The molecule has 5 nitrogen and oxygen atoms in total. The van der Waals surface area contributed by atoms with Crippen molar-refractivity contribution >= 4 is 35.6 Å². The number of hydrogen-bond donors (Lipinski definition) is 2. The highest BCUT2D eigenvalue weighted by molar-refractivity contribution is 14.0. The summed E-state index contributed by atoms with van der Waals surface area (Å²) in [7, 11) is 3.60. The van der Waals surface area contributed by atoms with E-state index >= 15 is 0 Å². The smallest absolute Gasteiger partial charge is 0.191 e. The Hall–Kier alpha value is -1.09. The highest BCUT2D eigenvalue weighted by Crippen LogP contribution is 2.16. The maximum atomic E-state index is 13.7. The Labute approximate surface area is 162 Å². The van der Waals surface area contributed by atoms with E-state index in [1.807, 2.05) is 24.9 Å². The molecular weight excluding hydrogens is 422 g/mol. The van der Waals surface area contributed by atoms with Crippen LogP contribution in [0.3, 0.4) is 0 Å². The van der Waals surface area contributed by atoms with E-state index in [4.69, 9.17) is 4.74 Å². The summed E-state index contributed by atoms with van der Waals surface area (Å²) in [6.07, 6.45) is 1.80. The molecule has 0 atom stereocenters. The fourth-order valence-corrected chi connectivity index (χ4v) is 2.15. The molecule has 0 amide bonds. The molecule has 0 unspecified atom stereocenters. The number of rotatable bonds is 10. The van der Waals surface area contributed by atoms with Crippen LogP contribution in [0.1, 0.15) is 19.8 Å². The lowest BCUT2D eigenvalue weighted by atomic mass is 10.2. The molecule has 138 valence electrons. The highest BCUT2D eigenvalue weighted by Gasteiger charge is 2.05. The van der Waals surface area contributed by atoms with Crippen molar-refractivity contribution in [1.29, 1.82) is 0 Å². The lowest BCUT2D eigenvalue weighted by Crippen LogP contribution is -2.38. The summed E-state index contributed by atoms with van der Waals surface area (Å²) >= 11 is 0. The van der Waals surface area contributed by atoms with Gasteiger partial charge in [-0.05, 0) is 31.9 Å². The van der Waals surface area contributed by atoms with Crippen LogP contribution in [-0.2, 0) is 4.74 Å². The Bertz CT molecular complexity index is 474. The van der Waals surface area contributed by atoms with Crippen molar-refractivity contribution in [2.75, 3.05) is 51.8 Å². The maximum Gasteiger partial charge on any atom is 0.191 e. The Morgan fingerprint density at radius 3 is 2.67 bits per heavy atom. The van der Waals surface area contributed by atoms with Crippen molar-refractivity contribution in [3.8, 4) is 0 Å². The van der Waals surface area contributed by atoms with Gasteiger partial charge in [0.05, 0.1) is 5.69 Å². The zero-order valence-corrected chi connectivity index (χ0v) is 17.2. The predicted octanol–water partition coefficient (Wildman–Crippen LogP) is 2.86. The summed E-state index contributed by atoms with van der Waals surface area (Å²) in [5.74, 6) is 0.629. The van der Waals surface area contributed by atoms with Gasteiger partial charge in [-0.2, -0.15) is 0 Å². The van der Waals surface area contributed by atoms with Gasteiger partial charge in [0.1, 0.15) is 5.82 Å². The number of anilines is 1. The first-order valence-electron chi connectivity index (χ1n) is 8.15. The van der Waals surface area contributed by atoms with E-state index in [1.54, 1.807) is 19.2 Å². The van der Waals surface area contributed by atoms with Crippen molar-refractivity contribution in [3.05, 3.63) is 30.1 Å². The lowest BCUT2D eigenvalue weighted by molar-refractivity contribution is 0.195. The average Bonchev–Trinajstić information content (AvgIpc) is 2.55. The van der Waals surface area contributed by atoms with Gasteiger partial charge in [-0.1, -0.05) is 12.1 Å². The third-order valence-electron chi connectivity index (χ3n) is 3.35. The average molecular weight is 452 g/mol. The first-order chi connectivity index (χ1) is 11.2. The summed E-state index contributed by atoms with van der Waals surface area (Å²) in [6.45, 7) is 5.88. The minimum Gasteiger partial charge on any atom is -0.385 e.